The Morgan fingerprint density at radius 3 is 2.44 bits per heavy atom. The van der Waals surface area contributed by atoms with Crippen molar-refractivity contribution >= 4 is 11.6 Å². The summed E-state index contributed by atoms with van der Waals surface area (Å²) in [5, 5.41) is 20.8. The third kappa shape index (κ3) is 6.88. The standard InChI is InChI=1S/C19H35N3O5/c1-18(2,22(5)14-7-9-26-10-8-14)17(24)21-16(23)13-15(20)19(3,4)27-12-11-25-6/h13-14,20,23H,7-12H2,1-6H3,(H,21,24)/b16-13-,20-15?. The molecule has 0 aromatic carbocycles. The van der Waals surface area contributed by atoms with Crippen molar-refractivity contribution < 1.29 is 24.1 Å². The maximum absolute atomic E-state index is 12.7. The minimum atomic E-state index is -0.911. The van der Waals surface area contributed by atoms with Crippen molar-refractivity contribution in [3.05, 3.63) is 12.0 Å². The van der Waals surface area contributed by atoms with Gasteiger partial charge in [0.05, 0.1) is 24.5 Å². The summed E-state index contributed by atoms with van der Waals surface area (Å²) in [6.45, 7) is 9.19. The number of nitrogens with one attached hydrogen (secondary N) is 2. The third-order valence-corrected chi connectivity index (χ3v) is 5.10. The third-order valence-electron chi connectivity index (χ3n) is 5.10. The molecule has 1 amide bonds. The number of rotatable bonds is 10. The number of carbonyl (C=O) groups excluding carboxylic acids is 1. The Labute approximate surface area is 162 Å². The number of likely N-dealkylation sites (N-methyl/N-ethyl adjacent to an activating group) is 1. The first kappa shape index (κ1) is 23.6. The van der Waals surface area contributed by atoms with Gasteiger partial charge in [-0.25, -0.2) is 0 Å². The molecule has 1 aliphatic heterocycles. The van der Waals surface area contributed by atoms with E-state index in [4.69, 9.17) is 19.6 Å². The molecule has 0 radical (unpaired) electrons. The van der Waals surface area contributed by atoms with Crippen molar-refractivity contribution in [1.82, 2.24) is 10.2 Å². The van der Waals surface area contributed by atoms with Crippen LogP contribution in [0.15, 0.2) is 12.0 Å². The Morgan fingerprint density at radius 1 is 1.30 bits per heavy atom. The largest absolute Gasteiger partial charge is 0.494 e. The molecule has 0 unspecified atom stereocenters. The minimum absolute atomic E-state index is 0.0481. The van der Waals surface area contributed by atoms with Crippen LogP contribution in [0.3, 0.4) is 0 Å². The molecule has 8 nitrogen and oxygen atoms in total. The molecule has 1 saturated heterocycles. The fourth-order valence-corrected chi connectivity index (χ4v) is 2.76. The lowest BCUT2D eigenvalue weighted by Gasteiger charge is -2.41. The highest BCUT2D eigenvalue weighted by molar-refractivity contribution is 5.99. The fraction of sp³-hybridized carbons (Fsp3) is 0.789. The maximum Gasteiger partial charge on any atom is 0.246 e. The van der Waals surface area contributed by atoms with Crippen LogP contribution in [-0.2, 0) is 19.0 Å². The lowest BCUT2D eigenvalue weighted by molar-refractivity contribution is -0.133. The van der Waals surface area contributed by atoms with Gasteiger partial charge in [0.2, 0.25) is 5.91 Å². The van der Waals surface area contributed by atoms with E-state index in [0.29, 0.717) is 26.4 Å². The van der Waals surface area contributed by atoms with Crippen LogP contribution in [0.4, 0.5) is 0 Å². The van der Waals surface area contributed by atoms with Crippen LogP contribution >= 0.6 is 0 Å². The highest BCUT2D eigenvalue weighted by Crippen LogP contribution is 2.22. The van der Waals surface area contributed by atoms with Crippen molar-refractivity contribution in [2.24, 2.45) is 0 Å². The SMILES string of the molecule is COCCOC(C)(C)C(=N)/C=C(\O)NC(=O)C(C)(C)N(C)C1CCOCC1. The molecule has 1 heterocycles. The fourth-order valence-electron chi connectivity index (χ4n) is 2.76. The number of amides is 1. The molecular weight excluding hydrogens is 350 g/mol. The Bertz CT molecular complexity index is 539. The lowest BCUT2D eigenvalue weighted by atomic mass is 9.96. The first-order valence-corrected chi connectivity index (χ1v) is 9.27. The van der Waals surface area contributed by atoms with Gasteiger partial charge >= 0.3 is 0 Å². The van der Waals surface area contributed by atoms with Gasteiger partial charge in [-0.3, -0.25) is 15.0 Å². The van der Waals surface area contributed by atoms with E-state index in [9.17, 15) is 9.90 Å². The summed E-state index contributed by atoms with van der Waals surface area (Å²) in [4.78, 5) is 14.7. The van der Waals surface area contributed by atoms with Gasteiger partial charge in [-0.05, 0) is 47.6 Å². The van der Waals surface area contributed by atoms with Crippen LogP contribution < -0.4 is 5.32 Å². The van der Waals surface area contributed by atoms with Crippen molar-refractivity contribution in [2.75, 3.05) is 40.6 Å². The Morgan fingerprint density at radius 2 is 1.89 bits per heavy atom. The number of hydrogen-bond acceptors (Lipinski definition) is 7. The molecule has 3 N–H and O–H groups in total. The average Bonchev–Trinajstić information content (AvgIpc) is 2.61. The molecule has 0 aromatic heterocycles. The molecule has 8 heteroatoms. The van der Waals surface area contributed by atoms with Crippen molar-refractivity contribution in [2.45, 2.75) is 57.7 Å². The Kier molecular flexibility index (Phi) is 8.87. The smallest absolute Gasteiger partial charge is 0.246 e. The molecule has 0 aromatic rings. The van der Waals surface area contributed by atoms with Crippen LogP contribution in [0, 0.1) is 5.41 Å². The van der Waals surface area contributed by atoms with E-state index in [2.05, 4.69) is 5.32 Å². The van der Waals surface area contributed by atoms with Crippen molar-refractivity contribution in [3.63, 3.8) is 0 Å². The van der Waals surface area contributed by atoms with E-state index in [0.717, 1.165) is 12.8 Å². The molecule has 0 bridgehead atoms. The molecule has 156 valence electrons. The van der Waals surface area contributed by atoms with E-state index < -0.39 is 11.1 Å². The summed E-state index contributed by atoms with van der Waals surface area (Å²) in [5.41, 5.74) is -1.69. The van der Waals surface area contributed by atoms with Crippen LogP contribution in [0.2, 0.25) is 0 Å². The maximum atomic E-state index is 12.7. The zero-order chi connectivity index (χ0) is 20.7. The van der Waals surface area contributed by atoms with Crippen LogP contribution in [0.25, 0.3) is 0 Å². The molecular formula is C19H35N3O5. The van der Waals surface area contributed by atoms with E-state index in [1.807, 2.05) is 25.8 Å². The normalized spacial score (nSPS) is 17.2. The summed E-state index contributed by atoms with van der Waals surface area (Å²) >= 11 is 0. The highest BCUT2D eigenvalue weighted by atomic mass is 16.5. The van der Waals surface area contributed by atoms with Gasteiger partial charge in [0, 0.05) is 32.4 Å². The quantitative estimate of drug-likeness (QED) is 0.301. The molecule has 0 spiro atoms. The number of carbonyl (C=O) groups is 1. The first-order valence-electron chi connectivity index (χ1n) is 9.27. The number of methoxy groups -OCH3 is 1. The van der Waals surface area contributed by atoms with E-state index >= 15 is 0 Å². The van der Waals surface area contributed by atoms with E-state index in [1.165, 1.54) is 6.08 Å². The number of ether oxygens (including phenoxy) is 3. The average molecular weight is 386 g/mol. The van der Waals surface area contributed by atoms with Gasteiger partial charge in [0.15, 0.2) is 5.88 Å². The van der Waals surface area contributed by atoms with Crippen molar-refractivity contribution in [1.29, 1.82) is 5.41 Å². The first-order chi connectivity index (χ1) is 12.5. The second kappa shape index (κ2) is 10.2. The second-order valence-corrected chi connectivity index (χ2v) is 7.76. The van der Waals surface area contributed by atoms with E-state index in [1.54, 1.807) is 21.0 Å². The molecule has 1 aliphatic rings. The van der Waals surface area contributed by atoms with Gasteiger partial charge in [-0.2, -0.15) is 0 Å². The summed E-state index contributed by atoms with van der Waals surface area (Å²) < 4.78 is 15.9. The topological polar surface area (TPSA) is 104 Å². The van der Waals surface area contributed by atoms with Crippen LogP contribution in [-0.4, -0.2) is 79.4 Å². The summed E-state index contributed by atoms with van der Waals surface area (Å²) in [7, 11) is 3.48. The minimum Gasteiger partial charge on any atom is -0.494 e. The number of nitrogens with zero attached hydrogens (tertiary/aromatic N) is 1. The highest BCUT2D eigenvalue weighted by Gasteiger charge is 2.37. The predicted molar refractivity (Wildman–Crippen MR) is 104 cm³/mol. The Hall–Kier alpha value is -1.48. The lowest BCUT2D eigenvalue weighted by Crippen LogP contribution is -2.57. The van der Waals surface area contributed by atoms with Gasteiger partial charge in [0.1, 0.15) is 5.60 Å². The Balaban J connectivity index is 2.69. The summed E-state index contributed by atoms with van der Waals surface area (Å²) in [6, 6.07) is 0.247. The molecule has 0 aliphatic carbocycles. The summed E-state index contributed by atoms with van der Waals surface area (Å²) in [6.07, 6.45) is 2.94. The number of aliphatic hydroxyl groups is 1. The van der Waals surface area contributed by atoms with Crippen LogP contribution in [0.5, 0.6) is 0 Å². The summed E-state index contributed by atoms with van der Waals surface area (Å²) in [5.74, 6) is -0.710. The van der Waals surface area contributed by atoms with E-state index in [-0.39, 0.29) is 23.5 Å². The molecule has 27 heavy (non-hydrogen) atoms. The van der Waals surface area contributed by atoms with Gasteiger partial charge in [-0.15, -0.1) is 0 Å². The van der Waals surface area contributed by atoms with Crippen LogP contribution in [0.1, 0.15) is 40.5 Å². The monoisotopic (exact) mass is 385 g/mol. The van der Waals surface area contributed by atoms with Crippen molar-refractivity contribution in [3.8, 4) is 0 Å². The number of aliphatic hydroxyl groups excluding tert-OH is 1. The second-order valence-electron chi connectivity index (χ2n) is 7.76. The van der Waals surface area contributed by atoms with Gasteiger partial charge in [0.25, 0.3) is 0 Å². The zero-order valence-corrected chi connectivity index (χ0v) is 17.4. The van der Waals surface area contributed by atoms with Gasteiger partial charge < -0.3 is 24.7 Å². The number of hydrogen-bond donors (Lipinski definition) is 3. The molecule has 0 atom stereocenters. The molecule has 1 rings (SSSR count). The van der Waals surface area contributed by atoms with Gasteiger partial charge in [-0.1, -0.05) is 0 Å². The predicted octanol–water partition coefficient (Wildman–Crippen LogP) is 1.85. The zero-order valence-electron chi connectivity index (χ0n) is 17.4. The molecule has 1 fully saturated rings. The molecule has 0 saturated carbocycles.